The van der Waals surface area contributed by atoms with Crippen LogP contribution in [0.2, 0.25) is 0 Å². The lowest BCUT2D eigenvalue weighted by Gasteiger charge is -2.15. The fourth-order valence-electron chi connectivity index (χ4n) is 2.72. The van der Waals surface area contributed by atoms with Crippen LogP contribution in [0.4, 0.5) is 5.69 Å². The van der Waals surface area contributed by atoms with Gasteiger partial charge in [-0.2, -0.15) is 0 Å². The van der Waals surface area contributed by atoms with E-state index in [1.807, 2.05) is 0 Å². The molecular formula is C15H15N3O7. The van der Waals surface area contributed by atoms with Gasteiger partial charge in [0.1, 0.15) is 12.3 Å². The van der Waals surface area contributed by atoms with Gasteiger partial charge in [0.05, 0.1) is 23.2 Å². The summed E-state index contributed by atoms with van der Waals surface area (Å²) in [6.07, 6.45) is -1.23. The number of rotatable bonds is 4. The van der Waals surface area contributed by atoms with Crippen LogP contribution in [0, 0.1) is 10.1 Å². The van der Waals surface area contributed by atoms with Crippen LogP contribution in [0.5, 0.6) is 0 Å². The molecule has 132 valence electrons. The third-order valence-corrected chi connectivity index (χ3v) is 4.05. The number of aromatic nitrogens is 2. The van der Waals surface area contributed by atoms with Crippen molar-refractivity contribution in [2.75, 3.05) is 6.61 Å². The Bertz CT molecular complexity index is 903. The van der Waals surface area contributed by atoms with Crippen molar-refractivity contribution in [1.82, 2.24) is 9.55 Å². The van der Waals surface area contributed by atoms with Gasteiger partial charge in [-0.1, -0.05) is 0 Å². The third kappa shape index (κ3) is 3.22. The van der Waals surface area contributed by atoms with E-state index in [9.17, 15) is 24.8 Å². The first kappa shape index (κ1) is 17.0. The fourth-order valence-corrected chi connectivity index (χ4v) is 2.72. The Morgan fingerprint density at radius 1 is 1.32 bits per heavy atom. The number of aromatic amines is 1. The molecule has 0 saturated carbocycles. The number of nitro benzene ring substituents is 1. The number of ether oxygens (including phenoxy) is 1. The van der Waals surface area contributed by atoms with Gasteiger partial charge in [0.15, 0.2) is 0 Å². The van der Waals surface area contributed by atoms with Crippen LogP contribution in [-0.4, -0.2) is 43.5 Å². The SMILES string of the molecule is O=c1[nH]c(=O)n(C2CC(O)C(CO)O2)cc1-c1ccc([N+](=O)[O-])cc1. The smallest absolute Gasteiger partial charge is 0.330 e. The molecule has 0 radical (unpaired) electrons. The van der Waals surface area contributed by atoms with Crippen molar-refractivity contribution in [3.8, 4) is 11.1 Å². The molecule has 0 spiro atoms. The summed E-state index contributed by atoms with van der Waals surface area (Å²) in [5, 5.41) is 29.6. The van der Waals surface area contributed by atoms with E-state index in [0.717, 1.165) is 4.57 Å². The summed E-state index contributed by atoms with van der Waals surface area (Å²) in [6.45, 7) is -0.398. The topological polar surface area (TPSA) is 148 Å². The lowest BCUT2D eigenvalue weighted by molar-refractivity contribution is -0.384. The molecule has 3 unspecified atom stereocenters. The van der Waals surface area contributed by atoms with Gasteiger partial charge >= 0.3 is 5.69 Å². The van der Waals surface area contributed by atoms with Gasteiger partial charge in [-0.25, -0.2) is 4.79 Å². The Kier molecular flexibility index (Phi) is 4.49. The van der Waals surface area contributed by atoms with Gasteiger partial charge in [-0.05, 0) is 17.7 Å². The molecule has 10 nitrogen and oxygen atoms in total. The number of hydrogen-bond donors (Lipinski definition) is 3. The minimum absolute atomic E-state index is 0.0802. The van der Waals surface area contributed by atoms with Gasteiger partial charge in [-0.15, -0.1) is 0 Å². The van der Waals surface area contributed by atoms with E-state index in [-0.39, 0.29) is 17.7 Å². The number of H-pyrrole nitrogens is 1. The monoisotopic (exact) mass is 349 g/mol. The van der Waals surface area contributed by atoms with E-state index >= 15 is 0 Å². The molecule has 10 heteroatoms. The Balaban J connectivity index is 2.00. The molecule has 3 N–H and O–H groups in total. The second-order valence-electron chi connectivity index (χ2n) is 5.63. The van der Waals surface area contributed by atoms with Crippen LogP contribution in [0.1, 0.15) is 12.6 Å². The molecule has 3 rings (SSSR count). The summed E-state index contributed by atoms with van der Waals surface area (Å²) >= 11 is 0. The Morgan fingerprint density at radius 3 is 2.56 bits per heavy atom. The summed E-state index contributed by atoms with van der Waals surface area (Å²) in [4.78, 5) is 36.4. The van der Waals surface area contributed by atoms with Crippen LogP contribution in [0.25, 0.3) is 11.1 Å². The van der Waals surface area contributed by atoms with Crippen molar-refractivity contribution in [3.05, 3.63) is 61.4 Å². The summed E-state index contributed by atoms with van der Waals surface area (Å²) < 4.78 is 6.54. The Labute approximate surface area is 140 Å². The maximum Gasteiger partial charge on any atom is 0.330 e. The predicted molar refractivity (Wildman–Crippen MR) is 85.0 cm³/mol. The van der Waals surface area contributed by atoms with Gasteiger partial charge in [-0.3, -0.25) is 24.5 Å². The van der Waals surface area contributed by atoms with Crippen LogP contribution in [0.15, 0.2) is 40.1 Å². The van der Waals surface area contributed by atoms with E-state index in [0.29, 0.717) is 5.56 Å². The first-order valence-electron chi connectivity index (χ1n) is 7.45. The zero-order valence-corrected chi connectivity index (χ0v) is 12.9. The van der Waals surface area contributed by atoms with Crippen molar-refractivity contribution in [2.45, 2.75) is 24.9 Å². The van der Waals surface area contributed by atoms with Crippen LogP contribution in [0.3, 0.4) is 0 Å². The minimum atomic E-state index is -0.934. The lowest BCUT2D eigenvalue weighted by atomic mass is 10.1. The maximum absolute atomic E-state index is 12.1. The van der Waals surface area contributed by atoms with E-state index in [4.69, 9.17) is 9.84 Å². The Hall–Kier alpha value is -2.82. The molecule has 3 atom stereocenters. The molecule has 1 aromatic carbocycles. The first-order valence-corrected chi connectivity index (χ1v) is 7.45. The number of benzene rings is 1. The molecular weight excluding hydrogens is 334 g/mol. The number of nitrogens with one attached hydrogen (secondary N) is 1. The highest BCUT2D eigenvalue weighted by atomic mass is 16.6. The quantitative estimate of drug-likeness (QED) is 0.509. The molecule has 2 heterocycles. The fraction of sp³-hybridized carbons (Fsp3) is 0.333. The van der Waals surface area contributed by atoms with Gasteiger partial charge in [0.2, 0.25) is 0 Å². The Morgan fingerprint density at radius 2 is 2.00 bits per heavy atom. The van der Waals surface area contributed by atoms with E-state index < -0.39 is 41.2 Å². The number of non-ortho nitro benzene ring substituents is 1. The van der Waals surface area contributed by atoms with Crippen molar-refractivity contribution in [1.29, 1.82) is 0 Å². The van der Waals surface area contributed by atoms with Crippen LogP contribution < -0.4 is 11.2 Å². The second-order valence-corrected chi connectivity index (χ2v) is 5.63. The average Bonchev–Trinajstić information content (AvgIpc) is 2.95. The lowest BCUT2D eigenvalue weighted by Crippen LogP contribution is -2.33. The number of aliphatic hydroxyl groups is 2. The highest BCUT2D eigenvalue weighted by molar-refractivity contribution is 5.62. The summed E-state index contributed by atoms with van der Waals surface area (Å²) in [5.41, 5.74) is -0.974. The zero-order chi connectivity index (χ0) is 18.1. The highest BCUT2D eigenvalue weighted by Crippen LogP contribution is 2.28. The van der Waals surface area contributed by atoms with Crippen molar-refractivity contribution >= 4 is 5.69 Å². The number of nitrogens with zero attached hydrogens (tertiary/aromatic N) is 2. The van der Waals surface area contributed by atoms with E-state index in [1.54, 1.807) is 0 Å². The third-order valence-electron chi connectivity index (χ3n) is 4.05. The molecule has 2 aromatic rings. The largest absolute Gasteiger partial charge is 0.394 e. The summed E-state index contributed by atoms with van der Waals surface area (Å²) in [6, 6.07) is 5.31. The molecule has 25 heavy (non-hydrogen) atoms. The molecule has 1 aliphatic heterocycles. The zero-order valence-electron chi connectivity index (χ0n) is 12.9. The minimum Gasteiger partial charge on any atom is -0.394 e. The van der Waals surface area contributed by atoms with Crippen LogP contribution in [-0.2, 0) is 4.74 Å². The van der Waals surface area contributed by atoms with E-state index in [1.165, 1.54) is 30.5 Å². The molecule has 1 aromatic heterocycles. The van der Waals surface area contributed by atoms with Crippen molar-refractivity contribution < 1.29 is 19.9 Å². The van der Waals surface area contributed by atoms with Crippen molar-refractivity contribution in [2.24, 2.45) is 0 Å². The molecule has 1 aliphatic rings. The predicted octanol–water partition coefficient (Wildman–Crippen LogP) is -0.248. The second kappa shape index (κ2) is 6.59. The molecule has 0 bridgehead atoms. The van der Waals surface area contributed by atoms with Gasteiger partial charge < -0.3 is 14.9 Å². The van der Waals surface area contributed by atoms with Crippen molar-refractivity contribution in [3.63, 3.8) is 0 Å². The molecule has 1 fully saturated rings. The normalized spacial score (nSPS) is 22.9. The molecule has 0 aliphatic carbocycles. The summed E-state index contributed by atoms with van der Waals surface area (Å²) in [5.74, 6) is 0. The van der Waals surface area contributed by atoms with Gasteiger partial charge in [0.25, 0.3) is 11.2 Å². The molecule has 1 saturated heterocycles. The number of hydrogen-bond acceptors (Lipinski definition) is 7. The maximum atomic E-state index is 12.1. The standard InChI is InChI=1S/C15H15N3O7/c19-7-12-11(20)5-13(25-12)17-6-10(14(21)16-15(17)22)8-1-3-9(4-2-8)18(23)24/h1-4,6,11-13,19-20H,5,7H2,(H,16,21,22). The van der Waals surface area contributed by atoms with Gasteiger partial charge in [0, 0.05) is 24.8 Å². The summed E-state index contributed by atoms with van der Waals surface area (Å²) in [7, 11) is 0. The number of aliphatic hydroxyl groups excluding tert-OH is 2. The van der Waals surface area contributed by atoms with E-state index in [2.05, 4.69) is 4.98 Å². The number of nitro groups is 1. The average molecular weight is 349 g/mol. The molecule has 0 amide bonds. The highest BCUT2D eigenvalue weighted by Gasteiger charge is 2.35. The first-order chi connectivity index (χ1) is 11.9. The van der Waals surface area contributed by atoms with Crippen LogP contribution >= 0.6 is 0 Å².